The Labute approximate surface area is 192 Å². The number of carboxylic acids is 1. The van der Waals surface area contributed by atoms with Crippen LogP contribution in [0.25, 0.3) is 11.1 Å². The Morgan fingerprint density at radius 2 is 1.61 bits per heavy atom. The smallest absolute Gasteiger partial charge is 0.407 e. The highest BCUT2D eigenvalue weighted by Gasteiger charge is 2.42. The van der Waals surface area contributed by atoms with Crippen LogP contribution in [-0.2, 0) is 14.3 Å². The summed E-state index contributed by atoms with van der Waals surface area (Å²) >= 11 is 0. The van der Waals surface area contributed by atoms with Crippen LogP contribution in [0, 0.1) is 5.92 Å². The molecule has 1 heterocycles. The van der Waals surface area contributed by atoms with Crippen molar-refractivity contribution in [2.45, 2.75) is 50.1 Å². The lowest BCUT2D eigenvalue weighted by molar-refractivity contribution is -0.150. The van der Waals surface area contributed by atoms with E-state index in [4.69, 9.17) is 4.74 Å². The lowest BCUT2D eigenvalue weighted by Crippen LogP contribution is -2.49. The van der Waals surface area contributed by atoms with Crippen molar-refractivity contribution >= 4 is 18.0 Å². The van der Waals surface area contributed by atoms with Gasteiger partial charge in [0, 0.05) is 18.5 Å². The zero-order chi connectivity index (χ0) is 22.9. The second kappa shape index (κ2) is 8.89. The van der Waals surface area contributed by atoms with E-state index in [0.717, 1.165) is 17.5 Å². The van der Waals surface area contributed by atoms with Crippen molar-refractivity contribution in [1.29, 1.82) is 0 Å². The fourth-order valence-corrected chi connectivity index (χ4v) is 5.72. The zero-order valence-electron chi connectivity index (χ0n) is 18.4. The van der Waals surface area contributed by atoms with Crippen molar-refractivity contribution in [3.63, 3.8) is 0 Å². The highest BCUT2D eigenvalue weighted by Crippen LogP contribution is 2.44. The maximum absolute atomic E-state index is 13.1. The second-order valence-electron chi connectivity index (χ2n) is 9.14. The average molecular weight is 449 g/mol. The monoisotopic (exact) mass is 448 g/mol. The molecule has 7 nitrogen and oxygen atoms in total. The number of amides is 2. The topological polar surface area (TPSA) is 95.9 Å². The number of hydrogen-bond acceptors (Lipinski definition) is 4. The molecule has 0 bridgehead atoms. The largest absolute Gasteiger partial charge is 0.480 e. The molecule has 1 saturated carbocycles. The number of carbonyl (C=O) groups is 3. The Bertz CT molecular complexity index is 1040. The van der Waals surface area contributed by atoms with Gasteiger partial charge in [-0.2, -0.15) is 0 Å². The zero-order valence-corrected chi connectivity index (χ0v) is 18.4. The summed E-state index contributed by atoms with van der Waals surface area (Å²) in [6.07, 6.45) is 2.80. The van der Waals surface area contributed by atoms with Gasteiger partial charge in [-0.05, 0) is 47.9 Å². The van der Waals surface area contributed by atoms with Crippen LogP contribution in [0.5, 0.6) is 0 Å². The Hall–Kier alpha value is -3.35. The summed E-state index contributed by atoms with van der Waals surface area (Å²) in [5, 5.41) is 12.3. The minimum Gasteiger partial charge on any atom is -0.480 e. The van der Waals surface area contributed by atoms with Crippen LogP contribution >= 0.6 is 0 Å². The third-order valence-corrected chi connectivity index (χ3v) is 7.30. The van der Waals surface area contributed by atoms with E-state index in [9.17, 15) is 19.5 Å². The molecular weight excluding hydrogens is 420 g/mol. The maximum Gasteiger partial charge on any atom is 0.407 e. The van der Waals surface area contributed by atoms with Gasteiger partial charge in [-0.3, -0.25) is 4.79 Å². The molecule has 5 rings (SSSR count). The van der Waals surface area contributed by atoms with Crippen molar-refractivity contribution in [2.75, 3.05) is 13.2 Å². The van der Waals surface area contributed by atoms with Crippen molar-refractivity contribution in [3.8, 4) is 11.1 Å². The summed E-state index contributed by atoms with van der Waals surface area (Å²) in [7, 11) is 0. The molecular formula is C26H28N2O5. The van der Waals surface area contributed by atoms with Crippen molar-refractivity contribution in [3.05, 3.63) is 59.7 Å². The summed E-state index contributed by atoms with van der Waals surface area (Å²) in [5.74, 6) is -1.54. The van der Waals surface area contributed by atoms with Crippen molar-refractivity contribution in [2.24, 2.45) is 5.92 Å². The van der Waals surface area contributed by atoms with Gasteiger partial charge >= 0.3 is 12.1 Å². The van der Waals surface area contributed by atoms with E-state index in [1.165, 1.54) is 16.0 Å². The summed E-state index contributed by atoms with van der Waals surface area (Å²) in [4.78, 5) is 38.7. The van der Waals surface area contributed by atoms with Crippen molar-refractivity contribution in [1.82, 2.24) is 10.2 Å². The van der Waals surface area contributed by atoms with Gasteiger partial charge in [0.25, 0.3) is 0 Å². The van der Waals surface area contributed by atoms with Gasteiger partial charge < -0.3 is 20.1 Å². The predicted molar refractivity (Wildman–Crippen MR) is 122 cm³/mol. The van der Waals surface area contributed by atoms with Crippen LogP contribution < -0.4 is 5.32 Å². The lowest BCUT2D eigenvalue weighted by Gasteiger charge is -2.28. The van der Waals surface area contributed by atoms with Gasteiger partial charge in [0.1, 0.15) is 12.6 Å². The molecule has 3 atom stereocenters. The number of nitrogens with zero attached hydrogens (tertiary/aromatic N) is 1. The van der Waals surface area contributed by atoms with E-state index in [2.05, 4.69) is 29.6 Å². The Morgan fingerprint density at radius 1 is 0.939 bits per heavy atom. The molecule has 2 unspecified atom stereocenters. The van der Waals surface area contributed by atoms with E-state index in [1.54, 1.807) is 0 Å². The first-order valence-corrected chi connectivity index (χ1v) is 11.7. The van der Waals surface area contributed by atoms with E-state index < -0.39 is 24.0 Å². The maximum atomic E-state index is 13.1. The molecule has 2 aromatic rings. The van der Waals surface area contributed by atoms with Gasteiger partial charge in [0.15, 0.2) is 0 Å². The van der Waals surface area contributed by atoms with Crippen LogP contribution in [0.1, 0.15) is 49.1 Å². The normalized spacial score (nSPS) is 23.8. The number of fused-ring (bicyclic) bond motifs is 3. The van der Waals surface area contributed by atoms with E-state index in [-0.39, 0.29) is 24.5 Å². The molecule has 2 aliphatic carbocycles. The molecule has 0 radical (unpaired) electrons. The molecule has 3 aliphatic rings. The highest BCUT2D eigenvalue weighted by molar-refractivity contribution is 5.87. The summed E-state index contributed by atoms with van der Waals surface area (Å²) in [6.45, 7) is 0.683. The van der Waals surface area contributed by atoms with Crippen LogP contribution in [0.15, 0.2) is 48.5 Å². The number of aliphatic carboxylic acids is 1. The molecule has 0 aromatic heterocycles. The molecule has 7 heteroatoms. The molecule has 1 aliphatic heterocycles. The first-order chi connectivity index (χ1) is 16.0. The fraction of sp³-hybridized carbons (Fsp3) is 0.423. The van der Waals surface area contributed by atoms with Crippen LogP contribution in [0.4, 0.5) is 4.79 Å². The predicted octanol–water partition coefficient (Wildman–Crippen LogP) is 3.77. The van der Waals surface area contributed by atoms with Crippen LogP contribution in [0.3, 0.4) is 0 Å². The van der Waals surface area contributed by atoms with Crippen molar-refractivity contribution < 1.29 is 24.2 Å². The number of likely N-dealkylation sites (tertiary alicyclic amines) is 1. The molecule has 0 spiro atoms. The van der Waals surface area contributed by atoms with Crippen LogP contribution in [0.2, 0.25) is 0 Å². The van der Waals surface area contributed by atoms with E-state index in [0.29, 0.717) is 32.2 Å². The first-order valence-electron chi connectivity index (χ1n) is 11.7. The molecule has 172 valence electrons. The average Bonchev–Trinajstić information content (AvgIpc) is 3.55. The van der Waals surface area contributed by atoms with Gasteiger partial charge in [-0.15, -0.1) is 0 Å². The van der Waals surface area contributed by atoms with Gasteiger partial charge in [-0.25, -0.2) is 9.59 Å². The molecule has 2 fully saturated rings. The number of rotatable bonds is 5. The standard InChI is InChI=1S/C26H28N2O5/c29-24(28-14-6-13-23(28)25(30)31)20-11-5-12-22(20)27-26(32)33-15-21-18-9-3-1-7-16(18)17-8-2-4-10-19(17)21/h1-4,7-10,20-23H,5-6,11-15H2,(H,27,32)(H,30,31)/t20?,22?,23-/m0/s1. The number of carbonyl (C=O) groups excluding carboxylic acids is 2. The second-order valence-corrected chi connectivity index (χ2v) is 9.14. The Morgan fingerprint density at radius 3 is 2.27 bits per heavy atom. The molecule has 33 heavy (non-hydrogen) atoms. The Kier molecular flexibility index (Phi) is 5.79. The summed E-state index contributed by atoms with van der Waals surface area (Å²) < 4.78 is 5.65. The number of alkyl carbamates (subject to hydrolysis) is 1. The van der Waals surface area contributed by atoms with E-state index in [1.807, 2.05) is 24.3 Å². The summed E-state index contributed by atoms with van der Waals surface area (Å²) in [6, 6.07) is 15.2. The molecule has 2 aromatic carbocycles. The number of carboxylic acid groups (broad SMARTS) is 1. The van der Waals surface area contributed by atoms with Crippen LogP contribution in [-0.4, -0.2) is 53.2 Å². The highest BCUT2D eigenvalue weighted by atomic mass is 16.5. The molecule has 2 N–H and O–H groups in total. The third-order valence-electron chi connectivity index (χ3n) is 7.30. The third kappa shape index (κ3) is 3.96. The van der Waals surface area contributed by atoms with Gasteiger partial charge in [0.2, 0.25) is 5.91 Å². The van der Waals surface area contributed by atoms with Gasteiger partial charge in [-0.1, -0.05) is 55.0 Å². The number of nitrogens with one attached hydrogen (secondary N) is 1. The Balaban J connectivity index is 1.23. The summed E-state index contributed by atoms with van der Waals surface area (Å²) in [5.41, 5.74) is 4.63. The number of hydrogen-bond donors (Lipinski definition) is 2. The minimum atomic E-state index is -0.958. The minimum absolute atomic E-state index is 0.0231. The fourth-order valence-electron chi connectivity index (χ4n) is 5.72. The quantitative estimate of drug-likeness (QED) is 0.726. The SMILES string of the molecule is O=C(NC1CCCC1C(=O)N1CCC[C@H]1C(=O)O)OCC1c2ccccc2-c2ccccc21. The molecule has 2 amide bonds. The van der Waals surface area contributed by atoms with Gasteiger partial charge in [0.05, 0.1) is 5.92 Å². The first kappa shape index (κ1) is 21.5. The molecule has 1 saturated heterocycles. The number of ether oxygens (including phenoxy) is 1. The number of benzene rings is 2. The lowest BCUT2D eigenvalue weighted by atomic mass is 9.98. The van der Waals surface area contributed by atoms with E-state index >= 15 is 0 Å².